The molecule has 4 aromatic rings. The van der Waals surface area contributed by atoms with E-state index in [2.05, 4.69) is 5.10 Å². The van der Waals surface area contributed by atoms with E-state index in [0.717, 1.165) is 34.4 Å². The van der Waals surface area contributed by atoms with Crippen molar-refractivity contribution in [2.45, 2.75) is 25.4 Å². The number of rotatable bonds is 6. The molecule has 1 saturated heterocycles. The number of aromatic nitrogens is 5. The Bertz CT molecular complexity index is 1280. The summed E-state index contributed by atoms with van der Waals surface area (Å²) in [6.07, 6.45) is 7.96. The summed E-state index contributed by atoms with van der Waals surface area (Å²) in [7, 11) is 5.40. The summed E-state index contributed by atoms with van der Waals surface area (Å²) in [5.41, 5.74) is 3.24. The van der Waals surface area contributed by atoms with Crippen molar-refractivity contribution in [3.8, 4) is 11.6 Å². The highest BCUT2D eigenvalue weighted by atomic mass is 32.1. The Kier molecular flexibility index (Phi) is 5.86. The van der Waals surface area contributed by atoms with Crippen molar-refractivity contribution in [2.75, 3.05) is 27.3 Å². The highest BCUT2D eigenvalue weighted by Gasteiger charge is 2.22. The summed E-state index contributed by atoms with van der Waals surface area (Å²) in [4.78, 5) is 24.5. The first-order valence-electron chi connectivity index (χ1n) is 10.9. The maximum Gasteiger partial charge on any atom is 0.254 e. The summed E-state index contributed by atoms with van der Waals surface area (Å²) < 4.78 is 15.7. The quantitative estimate of drug-likeness (QED) is 0.434. The average molecular weight is 467 g/mol. The first-order valence-corrected chi connectivity index (χ1v) is 11.8. The van der Waals surface area contributed by atoms with Crippen molar-refractivity contribution < 1.29 is 14.3 Å². The number of ether oxygens (including phenoxy) is 2. The van der Waals surface area contributed by atoms with Gasteiger partial charge in [-0.3, -0.25) is 9.48 Å². The minimum atomic E-state index is -0.00837. The molecule has 0 N–H and O–H groups in total. The van der Waals surface area contributed by atoms with Gasteiger partial charge in [0.05, 0.1) is 36.2 Å². The molecule has 0 aliphatic carbocycles. The maximum absolute atomic E-state index is 12.3. The van der Waals surface area contributed by atoms with Gasteiger partial charge in [-0.2, -0.15) is 10.1 Å². The van der Waals surface area contributed by atoms with E-state index >= 15 is 0 Å². The van der Waals surface area contributed by atoms with Crippen molar-refractivity contribution in [3.63, 3.8) is 0 Å². The average Bonchev–Trinajstić information content (AvgIpc) is 3.53. The molecule has 5 rings (SSSR count). The third-order valence-electron chi connectivity index (χ3n) is 5.60. The molecule has 0 spiro atoms. The molecule has 1 amide bonds. The van der Waals surface area contributed by atoms with Gasteiger partial charge < -0.3 is 18.9 Å². The predicted molar refractivity (Wildman–Crippen MR) is 125 cm³/mol. The van der Waals surface area contributed by atoms with Crippen LogP contribution in [0.4, 0.5) is 0 Å². The number of thiophene rings is 1. The van der Waals surface area contributed by atoms with Crippen LogP contribution in [-0.4, -0.2) is 68.5 Å². The lowest BCUT2D eigenvalue weighted by Crippen LogP contribution is -2.26. The lowest BCUT2D eigenvalue weighted by molar-refractivity contribution is 0.0242. The number of hydrogen-bond acceptors (Lipinski definition) is 7. The summed E-state index contributed by atoms with van der Waals surface area (Å²) in [6.45, 7) is 1.38. The molecule has 0 atom stereocenters. The molecule has 0 radical (unpaired) electrons. The largest absolute Gasteiger partial charge is 0.473 e. The summed E-state index contributed by atoms with van der Waals surface area (Å²) in [5.74, 6) is 1.22. The smallest absolute Gasteiger partial charge is 0.254 e. The van der Waals surface area contributed by atoms with Crippen molar-refractivity contribution in [1.82, 2.24) is 29.2 Å². The fraction of sp³-hybridized carbons (Fsp3) is 0.391. The van der Waals surface area contributed by atoms with Crippen molar-refractivity contribution >= 4 is 28.3 Å². The second kappa shape index (κ2) is 8.95. The summed E-state index contributed by atoms with van der Waals surface area (Å²) in [5, 5.41) is 6.18. The van der Waals surface area contributed by atoms with Crippen molar-refractivity contribution in [3.05, 3.63) is 52.4 Å². The number of nitrogens with zero attached hydrogens (tertiary/aromatic N) is 6. The zero-order valence-electron chi connectivity index (χ0n) is 18.9. The molecule has 0 saturated carbocycles. The fourth-order valence-corrected chi connectivity index (χ4v) is 4.77. The SMILES string of the molecule is CN(C)C(=O)c1csc(Cc2nc(OC3CCOCC3)c3c(ccn3-c3cnn(C)c3)n2)c1. The number of hydrogen-bond donors (Lipinski definition) is 0. The van der Waals surface area contributed by atoms with Crippen LogP contribution in [0.25, 0.3) is 16.7 Å². The van der Waals surface area contributed by atoms with E-state index in [9.17, 15) is 4.79 Å². The second-order valence-electron chi connectivity index (χ2n) is 8.34. The monoisotopic (exact) mass is 466 g/mol. The van der Waals surface area contributed by atoms with Crippen LogP contribution in [0, 0.1) is 0 Å². The van der Waals surface area contributed by atoms with E-state index in [1.165, 1.54) is 0 Å². The molecule has 0 bridgehead atoms. The molecule has 9 nitrogen and oxygen atoms in total. The van der Waals surface area contributed by atoms with Crippen LogP contribution in [0.1, 0.15) is 33.9 Å². The van der Waals surface area contributed by atoms with Crippen LogP contribution in [-0.2, 0) is 18.2 Å². The standard InChI is InChI=1S/C23H26N6O3S/c1-27(2)23(30)15-10-18(33-14-15)11-20-25-19-4-7-29(16-12-24-28(3)13-16)21(19)22(26-20)32-17-5-8-31-9-6-17/h4,7,10,12-14,17H,5-6,8-9,11H2,1-3H3. The lowest BCUT2D eigenvalue weighted by atomic mass is 10.1. The zero-order valence-corrected chi connectivity index (χ0v) is 19.7. The highest BCUT2D eigenvalue weighted by molar-refractivity contribution is 7.10. The maximum atomic E-state index is 12.3. The molecular formula is C23H26N6O3S. The number of carbonyl (C=O) groups is 1. The number of amides is 1. The van der Waals surface area contributed by atoms with Gasteiger partial charge in [0, 0.05) is 63.1 Å². The van der Waals surface area contributed by atoms with Crippen LogP contribution in [0.5, 0.6) is 5.88 Å². The normalized spacial score (nSPS) is 14.6. The van der Waals surface area contributed by atoms with E-state index in [1.54, 1.807) is 41.2 Å². The van der Waals surface area contributed by atoms with Crippen LogP contribution in [0.15, 0.2) is 36.1 Å². The van der Waals surface area contributed by atoms with E-state index in [4.69, 9.17) is 19.4 Å². The molecular weight excluding hydrogens is 440 g/mol. The van der Waals surface area contributed by atoms with Gasteiger partial charge in [-0.15, -0.1) is 11.3 Å². The molecule has 172 valence electrons. The Morgan fingerprint density at radius 1 is 1.30 bits per heavy atom. The number of carbonyl (C=O) groups excluding carboxylic acids is 1. The summed E-state index contributed by atoms with van der Waals surface area (Å²) >= 11 is 1.54. The molecule has 1 aliphatic rings. The van der Waals surface area contributed by atoms with Crippen molar-refractivity contribution in [2.24, 2.45) is 7.05 Å². The van der Waals surface area contributed by atoms with Crippen LogP contribution in [0.2, 0.25) is 0 Å². The van der Waals surface area contributed by atoms with E-state index < -0.39 is 0 Å². The van der Waals surface area contributed by atoms with Gasteiger partial charge in [0.2, 0.25) is 5.88 Å². The topological polar surface area (TPSA) is 87.3 Å². The number of aryl methyl sites for hydroxylation is 1. The van der Waals surface area contributed by atoms with E-state index in [1.807, 2.05) is 41.5 Å². The van der Waals surface area contributed by atoms with Gasteiger partial charge in [-0.1, -0.05) is 0 Å². The van der Waals surface area contributed by atoms with Gasteiger partial charge in [-0.05, 0) is 12.1 Å². The van der Waals surface area contributed by atoms with E-state index in [-0.39, 0.29) is 12.0 Å². The Labute approximate surface area is 195 Å². The Balaban J connectivity index is 1.51. The predicted octanol–water partition coefficient (Wildman–Crippen LogP) is 3.07. The van der Waals surface area contributed by atoms with Gasteiger partial charge >= 0.3 is 0 Å². The highest BCUT2D eigenvalue weighted by Crippen LogP contribution is 2.30. The first-order chi connectivity index (χ1) is 16.0. The molecule has 4 aromatic heterocycles. The third kappa shape index (κ3) is 4.49. The molecule has 5 heterocycles. The molecule has 0 unspecified atom stereocenters. The molecule has 1 aliphatic heterocycles. The molecule has 0 aromatic carbocycles. The Hall–Kier alpha value is -3.24. The minimum absolute atomic E-state index is 0.00837. The fourth-order valence-electron chi connectivity index (χ4n) is 3.92. The lowest BCUT2D eigenvalue weighted by Gasteiger charge is -2.23. The van der Waals surface area contributed by atoms with Gasteiger partial charge in [-0.25, -0.2) is 4.98 Å². The van der Waals surface area contributed by atoms with E-state index in [0.29, 0.717) is 36.9 Å². The summed E-state index contributed by atoms with van der Waals surface area (Å²) in [6, 6.07) is 3.89. The zero-order chi connectivity index (χ0) is 22.9. The van der Waals surface area contributed by atoms with Crippen LogP contribution >= 0.6 is 11.3 Å². The van der Waals surface area contributed by atoms with Crippen LogP contribution in [0.3, 0.4) is 0 Å². The van der Waals surface area contributed by atoms with Crippen molar-refractivity contribution in [1.29, 1.82) is 0 Å². The minimum Gasteiger partial charge on any atom is -0.473 e. The van der Waals surface area contributed by atoms with Crippen LogP contribution < -0.4 is 4.74 Å². The third-order valence-corrected chi connectivity index (χ3v) is 6.54. The Morgan fingerprint density at radius 3 is 2.85 bits per heavy atom. The molecule has 10 heteroatoms. The second-order valence-corrected chi connectivity index (χ2v) is 9.34. The van der Waals surface area contributed by atoms with Gasteiger partial charge in [0.1, 0.15) is 17.4 Å². The first kappa shape index (κ1) is 21.6. The molecule has 1 fully saturated rings. The van der Waals surface area contributed by atoms with Gasteiger partial charge in [0.15, 0.2) is 0 Å². The Morgan fingerprint density at radius 2 is 2.12 bits per heavy atom. The number of fused-ring (bicyclic) bond motifs is 1. The molecule has 33 heavy (non-hydrogen) atoms. The van der Waals surface area contributed by atoms with Gasteiger partial charge in [0.25, 0.3) is 5.91 Å².